The summed E-state index contributed by atoms with van der Waals surface area (Å²) in [6.45, 7) is -0.00402. The van der Waals surface area contributed by atoms with Crippen LogP contribution in [-0.4, -0.2) is 19.0 Å². The topological polar surface area (TPSA) is 57.1 Å². The number of hydrogen-bond donors (Lipinski definition) is 0. The lowest BCUT2D eigenvalue weighted by atomic mass is 10.0. The minimum absolute atomic E-state index is 0.00402. The molecule has 0 fully saturated rings. The van der Waals surface area contributed by atoms with Crippen molar-refractivity contribution in [1.82, 2.24) is 0 Å². The molecule has 0 saturated carbocycles. The molecule has 5 nitrogen and oxygen atoms in total. The number of cyclic esters (lactones) is 1. The predicted octanol–water partition coefficient (Wildman–Crippen LogP) is 6.42. The second-order valence-corrected chi connectivity index (χ2v) is 8.04. The number of hydrogen-bond acceptors (Lipinski definition) is 5. The van der Waals surface area contributed by atoms with E-state index < -0.39 is 5.97 Å². The van der Waals surface area contributed by atoms with Gasteiger partial charge in [0.1, 0.15) is 12.4 Å². The Morgan fingerprint density at radius 2 is 1.53 bits per heavy atom. The highest BCUT2D eigenvalue weighted by Gasteiger charge is 2.25. The summed E-state index contributed by atoms with van der Waals surface area (Å²) in [4.78, 5) is 17.0. The molecule has 0 radical (unpaired) electrons. The number of methoxy groups -OCH3 is 1. The third-order valence-electron chi connectivity index (χ3n) is 5.71. The van der Waals surface area contributed by atoms with Crippen molar-refractivity contribution < 1.29 is 23.4 Å². The van der Waals surface area contributed by atoms with Crippen LogP contribution in [-0.2, 0) is 16.1 Å². The van der Waals surface area contributed by atoms with Crippen LogP contribution in [0.2, 0.25) is 0 Å². The summed E-state index contributed by atoms with van der Waals surface area (Å²) in [5, 5.41) is 0. The molecular formula is C30H22FNO4. The fourth-order valence-electron chi connectivity index (χ4n) is 3.84. The first-order chi connectivity index (χ1) is 17.6. The van der Waals surface area contributed by atoms with Gasteiger partial charge in [-0.2, -0.15) is 0 Å². The van der Waals surface area contributed by atoms with Crippen LogP contribution >= 0.6 is 0 Å². The molecule has 0 amide bonds. The number of carbonyl (C=O) groups is 1. The number of esters is 1. The van der Waals surface area contributed by atoms with Crippen LogP contribution in [0.15, 0.2) is 108 Å². The van der Waals surface area contributed by atoms with Crippen molar-refractivity contribution >= 4 is 17.9 Å². The SMILES string of the molecule is COc1cccc(/C=C2\N=C(c3ccc(-c4ccccc4)cc3)OC2=O)c1OCc1ccccc1F. The number of ether oxygens (including phenoxy) is 3. The van der Waals surface area contributed by atoms with Crippen LogP contribution in [0.1, 0.15) is 16.7 Å². The van der Waals surface area contributed by atoms with E-state index in [4.69, 9.17) is 14.2 Å². The van der Waals surface area contributed by atoms with Gasteiger partial charge >= 0.3 is 5.97 Å². The Hall–Kier alpha value is -4.71. The number of para-hydroxylation sites is 1. The van der Waals surface area contributed by atoms with E-state index in [1.54, 1.807) is 42.5 Å². The molecule has 0 aliphatic carbocycles. The Morgan fingerprint density at radius 3 is 2.28 bits per heavy atom. The third-order valence-corrected chi connectivity index (χ3v) is 5.71. The van der Waals surface area contributed by atoms with Gasteiger partial charge in [0.2, 0.25) is 5.90 Å². The lowest BCUT2D eigenvalue weighted by Gasteiger charge is -2.14. The average Bonchev–Trinajstić information content (AvgIpc) is 3.29. The lowest BCUT2D eigenvalue weighted by Crippen LogP contribution is -2.05. The predicted molar refractivity (Wildman–Crippen MR) is 136 cm³/mol. The Labute approximate surface area is 208 Å². The van der Waals surface area contributed by atoms with Gasteiger partial charge in [0.15, 0.2) is 17.2 Å². The normalized spacial score (nSPS) is 13.9. The summed E-state index contributed by atoms with van der Waals surface area (Å²) in [6.07, 6.45) is 1.58. The van der Waals surface area contributed by atoms with Gasteiger partial charge in [0.25, 0.3) is 0 Å². The molecule has 178 valence electrons. The summed E-state index contributed by atoms with van der Waals surface area (Å²) in [7, 11) is 1.52. The smallest absolute Gasteiger partial charge is 0.363 e. The van der Waals surface area contributed by atoms with Gasteiger partial charge in [-0.15, -0.1) is 0 Å². The van der Waals surface area contributed by atoms with Gasteiger partial charge in [0, 0.05) is 16.7 Å². The van der Waals surface area contributed by atoms with Crippen molar-refractivity contribution in [1.29, 1.82) is 0 Å². The molecule has 1 aliphatic rings. The van der Waals surface area contributed by atoms with E-state index in [1.165, 1.54) is 13.2 Å². The molecule has 1 heterocycles. The zero-order chi connectivity index (χ0) is 24.9. The van der Waals surface area contributed by atoms with Crippen LogP contribution in [0, 0.1) is 5.82 Å². The van der Waals surface area contributed by atoms with Crippen LogP contribution in [0.5, 0.6) is 11.5 Å². The summed E-state index contributed by atoms with van der Waals surface area (Å²) in [5.74, 6) is 0.119. The van der Waals surface area contributed by atoms with Crippen LogP contribution in [0.4, 0.5) is 4.39 Å². The quantitative estimate of drug-likeness (QED) is 0.227. The maximum atomic E-state index is 14.1. The zero-order valence-electron chi connectivity index (χ0n) is 19.5. The van der Waals surface area contributed by atoms with E-state index in [9.17, 15) is 9.18 Å². The third kappa shape index (κ3) is 4.88. The molecule has 0 bridgehead atoms. The molecule has 1 aliphatic heterocycles. The highest BCUT2D eigenvalue weighted by Crippen LogP contribution is 2.34. The van der Waals surface area contributed by atoms with Crippen LogP contribution < -0.4 is 9.47 Å². The Morgan fingerprint density at radius 1 is 0.833 bits per heavy atom. The molecule has 0 saturated heterocycles. The molecular weight excluding hydrogens is 457 g/mol. The van der Waals surface area contributed by atoms with Crippen molar-refractivity contribution in [3.05, 3.63) is 125 Å². The van der Waals surface area contributed by atoms with E-state index in [-0.39, 0.29) is 24.0 Å². The summed E-state index contributed by atoms with van der Waals surface area (Å²) in [5.41, 5.74) is 3.92. The molecule has 5 rings (SSSR count). The second kappa shape index (κ2) is 10.3. The van der Waals surface area contributed by atoms with Crippen LogP contribution in [0.25, 0.3) is 17.2 Å². The van der Waals surface area contributed by atoms with Gasteiger partial charge in [-0.25, -0.2) is 14.2 Å². The van der Waals surface area contributed by atoms with Crippen molar-refractivity contribution in [3.63, 3.8) is 0 Å². The zero-order valence-corrected chi connectivity index (χ0v) is 19.5. The second-order valence-electron chi connectivity index (χ2n) is 8.04. The monoisotopic (exact) mass is 479 g/mol. The van der Waals surface area contributed by atoms with Gasteiger partial charge < -0.3 is 14.2 Å². The van der Waals surface area contributed by atoms with Gasteiger partial charge in [-0.05, 0) is 41.5 Å². The van der Waals surface area contributed by atoms with E-state index >= 15 is 0 Å². The molecule has 0 N–H and O–H groups in total. The average molecular weight is 480 g/mol. The lowest BCUT2D eigenvalue weighted by molar-refractivity contribution is -0.129. The Bertz CT molecular complexity index is 1460. The highest BCUT2D eigenvalue weighted by molar-refractivity contribution is 6.13. The van der Waals surface area contributed by atoms with Gasteiger partial charge in [-0.3, -0.25) is 0 Å². The maximum Gasteiger partial charge on any atom is 0.363 e. The number of aliphatic imine (C=N–C) groups is 1. The number of halogens is 1. The first-order valence-corrected chi connectivity index (χ1v) is 11.3. The number of rotatable bonds is 7. The van der Waals surface area contributed by atoms with E-state index in [2.05, 4.69) is 4.99 Å². The minimum atomic E-state index is -0.569. The summed E-state index contributed by atoms with van der Waals surface area (Å²) in [6, 6.07) is 29.3. The van der Waals surface area contributed by atoms with Crippen molar-refractivity contribution in [2.75, 3.05) is 7.11 Å². The molecule has 4 aromatic carbocycles. The van der Waals surface area contributed by atoms with Crippen LogP contribution in [0.3, 0.4) is 0 Å². The number of nitrogens with zero attached hydrogens (tertiary/aromatic N) is 1. The van der Waals surface area contributed by atoms with Gasteiger partial charge in [0.05, 0.1) is 7.11 Å². The molecule has 36 heavy (non-hydrogen) atoms. The molecule has 6 heteroatoms. The minimum Gasteiger partial charge on any atom is -0.493 e. The molecule has 0 unspecified atom stereocenters. The maximum absolute atomic E-state index is 14.1. The number of benzene rings is 4. The summed E-state index contributed by atoms with van der Waals surface area (Å²) >= 11 is 0. The number of carbonyl (C=O) groups excluding carboxylic acids is 1. The summed E-state index contributed by atoms with van der Waals surface area (Å²) < 4.78 is 30.9. The molecule has 0 atom stereocenters. The standard InChI is InChI=1S/C30H22FNO4/c1-34-27-13-7-11-23(28(27)35-19-24-10-5-6-12-25(24)31)18-26-30(33)36-29(32-26)22-16-14-21(15-17-22)20-8-3-2-4-9-20/h2-18H,19H2,1H3/b26-18-. The Kier molecular flexibility index (Phi) is 6.58. The molecule has 0 aromatic heterocycles. The first kappa shape index (κ1) is 23.1. The van der Waals surface area contributed by atoms with Crippen molar-refractivity contribution in [3.8, 4) is 22.6 Å². The van der Waals surface area contributed by atoms with E-state index in [1.807, 2.05) is 54.6 Å². The highest BCUT2D eigenvalue weighted by atomic mass is 19.1. The Balaban J connectivity index is 1.42. The molecule has 4 aromatic rings. The fraction of sp³-hybridized carbons (Fsp3) is 0.0667. The van der Waals surface area contributed by atoms with Gasteiger partial charge in [-0.1, -0.05) is 72.8 Å². The largest absolute Gasteiger partial charge is 0.493 e. The molecule has 0 spiro atoms. The van der Waals surface area contributed by atoms with Crippen molar-refractivity contribution in [2.45, 2.75) is 6.61 Å². The first-order valence-electron chi connectivity index (χ1n) is 11.3. The van der Waals surface area contributed by atoms with E-state index in [0.717, 1.165) is 11.1 Å². The van der Waals surface area contributed by atoms with Crippen molar-refractivity contribution in [2.24, 2.45) is 4.99 Å². The fourth-order valence-corrected chi connectivity index (χ4v) is 3.84. The van der Waals surface area contributed by atoms with E-state index in [0.29, 0.717) is 28.2 Å².